The van der Waals surface area contributed by atoms with Crippen LogP contribution in [0.3, 0.4) is 0 Å². The maximum atomic E-state index is 12.6. The lowest BCUT2D eigenvalue weighted by atomic mass is 9.97. The Labute approximate surface area is 143 Å². The highest BCUT2D eigenvalue weighted by molar-refractivity contribution is 7.92. The molecule has 5 nitrogen and oxygen atoms in total. The third kappa shape index (κ3) is 4.35. The van der Waals surface area contributed by atoms with Crippen LogP contribution in [-0.4, -0.2) is 14.3 Å². The molecule has 0 aliphatic carbocycles. The van der Waals surface area contributed by atoms with E-state index in [2.05, 4.69) is 23.9 Å². The molecule has 0 fully saturated rings. The fraction of sp³-hybridized carbons (Fsp3) is 0.278. The van der Waals surface area contributed by atoms with E-state index in [1.165, 1.54) is 19.1 Å². The van der Waals surface area contributed by atoms with Crippen molar-refractivity contribution in [3.05, 3.63) is 54.1 Å². The fourth-order valence-corrected chi connectivity index (χ4v) is 3.45. The average Bonchev–Trinajstić information content (AvgIpc) is 2.54. The number of carbonyl (C=O) groups excluding carboxylic acids is 1. The van der Waals surface area contributed by atoms with Crippen LogP contribution in [0, 0.1) is 0 Å². The van der Waals surface area contributed by atoms with Crippen molar-refractivity contribution in [1.82, 2.24) is 0 Å². The number of para-hydroxylation sites is 1. The van der Waals surface area contributed by atoms with E-state index in [4.69, 9.17) is 0 Å². The average molecular weight is 346 g/mol. The van der Waals surface area contributed by atoms with Gasteiger partial charge in [0, 0.05) is 12.6 Å². The van der Waals surface area contributed by atoms with Crippen LogP contribution in [0.15, 0.2) is 53.4 Å². The smallest absolute Gasteiger partial charge is 0.261 e. The molecule has 0 saturated carbocycles. The topological polar surface area (TPSA) is 75.3 Å². The third-order valence-corrected chi connectivity index (χ3v) is 5.21. The lowest BCUT2D eigenvalue weighted by molar-refractivity contribution is -0.114. The number of hydrogen-bond donors (Lipinski definition) is 2. The Morgan fingerprint density at radius 3 is 2.29 bits per heavy atom. The monoisotopic (exact) mass is 346 g/mol. The molecule has 0 radical (unpaired) electrons. The molecule has 128 valence electrons. The maximum Gasteiger partial charge on any atom is 0.261 e. The van der Waals surface area contributed by atoms with E-state index in [0.717, 1.165) is 12.0 Å². The molecular formula is C18H22N2O3S. The zero-order valence-corrected chi connectivity index (χ0v) is 14.9. The van der Waals surface area contributed by atoms with Gasteiger partial charge in [-0.05, 0) is 48.2 Å². The highest BCUT2D eigenvalue weighted by Crippen LogP contribution is 2.28. The number of hydrogen-bond acceptors (Lipinski definition) is 3. The minimum Gasteiger partial charge on any atom is -0.326 e. The second-order valence-electron chi connectivity index (χ2n) is 5.71. The van der Waals surface area contributed by atoms with Gasteiger partial charge in [-0.25, -0.2) is 8.42 Å². The van der Waals surface area contributed by atoms with Crippen molar-refractivity contribution in [2.45, 2.75) is 38.0 Å². The van der Waals surface area contributed by atoms with Crippen molar-refractivity contribution in [1.29, 1.82) is 0 Å². The molecule has 1 amide bonds. The minimum atomic E-state index is -3.69. The van der Waals surface area contributed by atoms with Gasteiger partial charge >= 0.3 is 0 Å². The number of sulfonamides is 1. The van der Waals surface area contributed by atoms with Crippen LogP contribution in [0.4, 0.5) is 11.4 Å². The predicted octanol–water partition coefficient (Wildman–Crippen LogP) is 3.96. The first-order valence-corrected chi connectivity index (χ1v) is 9.31. The molecule has 2 rings (SSSR count). The van der Waals surface area contributed by atoms with Crippen LogP contribution in [0.25, 0.3) is 0 Å². The normalized spacial score (nSPS) is 12.5. The predicted molar refractivity (Wildman–Crippen MR) is 96.7 cm³/mol. The quantitative estimate of drug-likeness (QED) is 0.831. The SMILES string of the molecule is CC[C@@H](C)c1ccccc1NS(=O)(=O)c1ccc(NC(C)=O)cc1. The molecule has 6 heteroatoms. The van der Waals surface area contributed by atoms with Gasteiger partial charge in [0.05, 0.1) is 10.6 Å². The molecule has 0 spiro atoms. The molecular weight excluding hydrogens is 324 g/mol. The van der Waals surface area contributed by atoms with Crippen molar-refractivity contribution in [3.8, 4) is 0 Å². The van der Waals surface area contributed by atoms with Gasteiger partial charge in [-0.3, -0.25) is 9.52 Å². The van der Waals surface area contributed by atoms with Crippen LogP contribution in [0.1, 0.15) is 38.7 Å². The van der Waals surface area contributed by atoms with E-state index in [1.54, 1.807) is 18.2 Å². The van der Waals surface area contributed by atoms with Gasteiger partial charge in [-0.15, -0.1) is 0 Å². The Bertz CT molecular complexity index is 814. The Hall–Kier alpha value is -2.34. The summed E-state index contributed by atoms with van der Waals surface area (Å²) in [6.45, 7) is 5.53. The minimum absolute atomic E-state index is 0.149. The summed E-state index contributed by atoms with van der Waals surface area (Å²) >= 11 is 0. The van der Waals surface area contributed by atoms with Crippen LogP contribution in [-0.2, 0) is 14.8 Å². The van der Waals surface area contributed by atoms with Gasteiger partial charge in [-0.2, -0.15) is 0 Å². The molecule has 0 unspecified atom stereocenters. The Morgan fingerprint density at radius 1 is 1.08 bits per heavy atom. The lowest BCUT2D eigenvalue weighted by Gasteiger charge is -2.16. The summed E-state index contributed by atoms with van der Waals surface area (Å²) in [5, 5.41) is 2.61. The second kappa shape index (κ2) is 7.49. The first-order chi connectivity index (χ1) is 11.3. The van der Waals surface area contributed by atoms with Crippen molar-refractivity contribution >= 4 is 27.3 Å². The lowest BCUT2D eigenvalue weighted by Crippen LogP contribution is -2.15. The van der Waals surface area contributed by atoms with Gasteiger partial charge in [0.2, 0.25) is 5.91 Å². The molecule has 0 aliphatic rings. The summed E-state index contributed by atoms with van der Waals surface area (Å²) in [5.74, 6) is 0.0530. The van der Waals surface area contributed by atoms with Crippen LogP contribution >= 0.6 is 0 Å². The Kier molecular flexibility index (Phi) is 5.62. The van der Waals surface area contributed by atoms with Crippen molar-refractivity contribution < 1.29 is 13.2 Å². The van der Waals surface area contributed by atoms with Crippen molar-refractivity contribution in [3.63, 3.8) is 0 Å². The summed E-state index contributed by atoms with van der Waals surface area (Å²) in [5.41, 5.74) is 2.12. The summed E-state index contributed by atoms with van der Waals surface area (Å²) in [6, 6.07) is 13.5. The zero-order chi connectivity index (χ0) is 17.7. The first kappa shape index (κ1) is 18.0. The number of amides is 1. The number of carbonyl (C=O) groups is 1. The van der Waals surface area contributed by atoms with Gasteiger partial charge in [-0.1, -0.05) is 32.0 Å². The molecule has 0 heterocycles. The van der Waals surface area contributed by atoms with E-state index in [1.807, 2.05) is 18.2 Å². The third-order valence-electron chi connectivity index (χ3n) is 3.83. The molecule has 24 heavy (non-hydrogen) atoms. The number of benzene rings is 2. The summed E-state index contributed by atoms with van der Waals surface area (Å²) in [6.07, 6.45) is 0.921. The molecule has 0 saturated heterocycles. The Balaban J connectivity index is 2.27. The van der Waals surface area contributed by atoms with Crippen LogP contribution in [0.2, 0.25) is 0 Å². The van der Waals surface area contributed by atoms with Crippen molar-refractivity contribution in [2.24, 2.45) is 0 Å². The van der Waals surface area contributed by atoms with Gasteiger partial charge in [0.15, 0.2) is 0 Å². The number of anilines is 2. The zero-order valence-electron chi connectivity index (χ0n) is 14.0. The van der Waals surface area contributed by atoms with E-state index < -0.39 is 10.0 Å². The molecule has 2 aromatic carbocycles. The maximum absolute atomic E-state index is 12.6. The highest BCUT2D eigenvalue weighted by atomic mass is 32.2. The molecule has 2 N–H and O–H groups in total. The van der Waals surface area contributed by atoms with Gasteiger partial charge in [0.1, 0.15) is 0 Å². The van der Waals surface area contributed by atoms with E-state index in [9.17, 15) is 13.2 Å². The Morgan fingerprint density at radius 2 is 1.71 bits per heavy atom. The molecule has 0 aliphatic heterocycles. The van der Waals surface area contributed by atoms with Gasteiger partial charge < -0.3 is 5.32 Å². The fourth-order valence-electron chi connectivity index (χ4n) is 2.36. The summed E-state index contributed by atoms with van der Waals surface area (Å²) in [7, 11) is -3.69. The van der Waals surface area contributed by atoms with Crippen LogP contribution < -0.4 is 10.0 Å². The standard InChI is InChI=1S/C18H22N2O3S/c1-4-13(2)17-7-5-6-8-18(17)20-24(22,23)16-11-9-15(10-12-16)19-14(3)21/h5-13,20H,4H2,1-3H3,(H,19,21)/t13-/m1/s1. The molecule has 0 aromatic heterocycles. The van der Waals surface area contributed by atoms with Crippen molar-refractivity contribution in [2.75, 3.05) is 10.0 Å². The number of rotatable bonds is 6. The van der Waals surface area contributed by atoms with E-state index in [0.29, 0.717) is 11.4 Å². The molecule has 2 aromatic rings. The summed E-state index contributed by atoms with van der Waals surface area (Å²) < 4.78 is 27.9. The van der Waals surface area contributed by atoms with Gasteiger partial charge in [0.25, 0.3) is 10.0 Å². The summed E-state index contributed by atoms with van der Waals surface area (Å²) in [4.78, 5) is 11.2. The van der Waals surface area contributed by atoms with E-state index in [-0.39, 0.29) is 16.7 Å². The van der Waals surface area contributed by atoms with Crippen LogP contribution in [0.5, 0.6) is 0 Å². The number of nitrogens with one attached hydrogen (secondary N) is 2. The van der Waals surface area contributed by atoms with E-state index >= 15 is 0 Å². The highest BCUT2D eigenvalue weighted by Gasteiger charge is 2.17. The molecule has 0 bridgehead atoms. The first-order valence-electron chi connectivity index (χ1n) is 7.83. The second-order valence-corrected chi connectivity index (χ2v) is 7.39. The largest absolute Gasteiger partial charge is 0.326 e. The molecule has 1 atom stereocenters.